The Kier molecular flexibility index (Phi) is 6.12. The lowest BCUT2D eigenvalue weighted by atomic mass is 10.1. The van der Waals surface area contributed by atoms with E-state index in [-0.39, 0.29) is 0 Å². The quantitative estimate of drug-likeness (QED) is 0.623. The van der Waals surface area contributed by atoms with E-state index in [4.69, 9.17) is 23.2 Å². The number of urea groups is 1. The second-order valence-electron chi connectivity index (χ2n) is 4.64. The van der Waals surface area contributed by atoms with Gasteiger partial charge in [0.2, 0.25) is 0 Å². The summed E-state index contributed by atoms with van der Waals surface area (Å²) in [5, 5.41) is 7.45. The molecule has 0 bridgehead atoms. The van der Waals surface area contributed by atoms with E-state index >= 15 is 0 Å². The number of rotatable bonds is 4. The second-order valence-corrected chi connectivity index (χ2v) is 5.45. The Labute approximate surface area is 123 Å². The van der Waals surface area contributed by atoms with Crippen LogP contribution in [0.5, 0.6) is 0 Å². The normalized spacial score (nSPS) is 11.6. The summed E-state index contributed by atoms with van der Waals surface area (Å²) in [6.45, 7) is 6.06. The molecule has 19 heavy (non-hydrogen) atoms. The molecule has 0 saturated heterocycles. The third kappa shape index (κ3) is 5.94. The number of anilines is 1. The maximum absolute atomic E-state index is 11.6. The van der Waals surface area contributed by atoms with Crippen LogP contribution in [-0.2, 0) is 0 Å². The van der Waals surface area contributed by atoms with E-state index in [1.807, 2.05) is 6.92 Å². The molecule has 0 unspecified atom stereocenters. The number of nitrogens with one attached hydrogen (secondary N) is 2. The molecule has 2 N–H and O–H groups in total. The molecular formula is C13H17Cl2N3O. The molecular weight excluding hydrogens is 285 g/mol. The Hall–Kier alpha value is -1.26. The predicted molar refractivity (Wildman–Crippen MR) is 81.2 cm³/mol. The van der Waals surface area contributed by atoms with Gasteiger partial charge < -0.3 is 5.32 Å². The van der Waals surface area contributed by atoms with Crippen molar-refractivity contribution >= 4 is 40.6 Å². The first-order valence-corrected chi connectivity index (χ1v) is 6.69. The van der Waals surface area contributed by atoms with Gasteiger partial charge in [0.05, 0.1) is 10.0 Å². The molecule has 0 fully saturated rings. The molecule has 1 aromatic carbocycles. The highest BCUT2D eigenvalue weighted by Gasteiger charge is 2.04. The van der Waals surface area contributed by atoms with Crippen molar-refractivity contribution in [3.05, 3.63) is 28.2 Å². The summed E-state index contributed by atoms with van der Waals surface area (Å²) in [5.41, 5.74) is 3.87. The third-order valence-electron chi connectivity index (χ3n) is 2.23. The first-order valence-electron chi connectivity index (χ1n) is 5.93. The van der Waals surface area contributed by atoms with Crippen molar-refractivity contribution in [3.8, 4) is 0 Å². The van der Waals surface area contributed by atoms with Crippen molar-refractivity contribution in [1.82, 2.24) is 5.43 Å². The van der Waals surface area contributed by atoms with Crippen LogP contribution in [0.4, 0.5) is 10.5 Å². The molecule has 0 aliphatic carbocycles. The second kappa shape index (κ2) is 7.36. The third-order valence-corrected chi connectivity index (χ3v) is 2.97. The summed E-state index contributed by atoms with van der Waals surface area (Å²) in [4.78, 5) is 11.6. The molecule has 104 valence electrons. The zero-order valence-electron chi connectivity index (χ0n) is 11.1. The smallest absolute Gasteiger partial charge is 0.306 e. The van der Waals surface area contributed by atoms with Crippen LogP contribution in [0.1, 0.15) is 27.2 Å². The van der Waals surface area contributed by atoms with Gasteiger partial charge in [-0.3, -0.25) is 0 Å². The maximum Gasteiger partial charge on any atom is 0.339 e. The summed E-state index contributed by atoms with van der Waals surface area (Å²) >= 11 is 11.6. The Balaban J connectivity index is 2.53. The minimum atomic E-state index is -0.415. The van der Waals surface area contributed by atoms with Crippen molar-refractivity contribution in [2.24, 2.45) is 11.0 Å². The van der Waals surface area contributed by atoms with Crippen LogP contribution in [0.25, 0.3) is 0 Å². The predicted octanol–water partition coefficient (Wildman–Crippen LogP) is 4.54. The van der Waals surface area contributed by atoms with E-state index in [1.54, 1.807) is 18.2 Å². The van der Waals surface area contributed by atoms with Crippen LogP contribution >= 0.6 is 23.2 Å². The summed E-state index contributed by atoms with van der Waals surface area (Å²) in [5.74, 6) is 0.503. The van der Waals surface area contributed by atoms with Crippen molar-refractivity contribution in [2.75, 3.05) is 5.32 Å². The lowest BCUT2D eigenvalue weighted by Crippen LogP contribution is -2.25. The van der Waals surface area contributed by atoms with Gasteiger partial charge in [0, 0.05) is 11.4 Å². The highest BCUT2D eigenvalue weighted by Crippen LogP contribution is 2.24. The fourth-order valence-corrected chi connectivity index (χ4v) is 1.81. The summed E-state index contributed by atoms with van der Waals surface area (Å²) < 4.78 is 0. The van der Waals surface area contributed by atoms with E-state index in [2.05, 4.69) is 29.7 Å². The van der Waals surface area contributed by atoms with Crippen LogP contribution < -0.4 is 10.7 Å². The lowest BCUT2D eigenvalue weighted by Gasteiger charge is -2.07. The Morgan fingerprint density at radius 2 is 2.00 bits per heavy atom. The number of nitrogens with zero attached hydrogens (tertiary/aromatic N) is 1. The number of hydrogen-bond acceptors (Lipinski definition) is 2. The average molecular weight is 302 g/mol. The van der Waals surface area contributed by atoms with Gasteiger partial charge in [-0.2, -0.15) is 5.10 Å². The fourth-order valence-electron chi connectivity index (χ4n) is 1.52. The molecule has 1 rings (SSSR count). The molecule has 0 aromatic heterocycles. The van der Waals surface area contributed by atoms with E-state index in [0.717, 1.165) is 12.1 Å². The van der Waals surface area contributed by atoms with Crippen LogP contribution in [0, 0.1) is 5.92 Å². The Morgan fingerprint density at radius 1 is 1.32 bits per heavy atom. The first kappa shape index (κ1) is 15.8. The fraction of sp³-hybridized carbons (Fsp3) is 0.385. The summed E-state index contributed by atoms with van der Waals surface area (Å²) in [6.07, 6.45) is 0.840. The number of carbonyl (C=O) groups is 1. The molecule has 0 aliphatic heterocycles. The molecule has 0 spiro atoms. The lowest BCUT2D eigenvalue weighted by molar-refractivity contribution is 0.252. The van der Waals surface area contributed by atoms with E-state index < -0.39 is 6.03 Å². The Morgan fingerprint density at radius 3 is 2.58 bits per heavy atom. The molecule has 0 aliphatic rings. The topological polar surface area (TPSA) is 53.5 Å². The van der Waals surface area contributed by atoms with Crippen molar-refractivity contribution < 1.29 is 4.79 Å². The van der Waals surface area contributed by atoms with Gasteiger partial charge in [-0.15, -0.1) is 0 Å². The molecule has 0 atom stereocenters. The molecule has 0 heterocycles. The standard InChI is InChI=1S/C13H17Cl2N3O/c1-8(2)6-9(3)17-18-13(19)16-10-4-5-11(14)12(15)7-10/h4-5,7-8H,6H2,1-3H3,(H2,16,18,19)/b17-9-. The number of halogens is 2. The SMILES string of the molecule is C/C(CC(C)C)=N/NC(=O)Nc1ccc(Cl)c(Cl)c1. The maximum atomic E-state index is 11.6. The van der Waals surface area contributed by atoms with Crippen molar-refractivity contribution in [2.45, 2.75) is 27.2 Å². The van der Waals surface area contributed by atoms with Gasteiger partial charge in [0.25, 0.3) is 0 Å². The highest BCUT2D eigenvalue weighted by atomic mass is 35.5. The van der Waals surface area contributed by atoms with Crippen LogP contribution in [-0.4, -0.2) is 11.7 Å². The van der Waals surface area contributed by atoms with Crippen LogP contribution in [0.3, 0.4) is 0 Å². The molecule has 0 saturated carbocycles. The van der Waals surface area contributed by atoms with Gasteiger partial charge >= 0.3 is 6.03 Å². The first-order chi connectivity index (χ1) is 8.88. The summed E-state index contributed by atoms with van der Waals surface area (Å²) in [7, 11) is 0. The van der Waals surface area contributed by atoms with Gasteiger partial charge in [0.1, 0.15) is 0 Å². The molecule has 4 nitrogen and oxygen atoms in total. The molecule has 6 heteroatoms. The number of benzene rings is 1. The Bertz CT molecular complexity index is 487. The number of carbonyl (C=O) groups excluding carboxylic acids is 1. The highest BCUT2D eigenvalue weighted by molar-refractivity contribution is 6.42. The van der Waals surface area contributed by atoms with E-state index in [9.17, 15) is 4.79 Å². The zero-order chi connectivity index (χ0) is 14.4. The van der Waals surface area contributed by atoms with E-state index in [1.165, 1.54) is 0 Å². The van der Waals surface area contributed by atoms with Gasteiger partial charge in [-0.25, -0.2) is 10.2 Å². The largest absolute Gasteiger partial charge is 0.339 e. The molecule has 1 aromatic rings. The van der Waals surface area contributed by atoms with Crippen molar-refractivity contribution in [1.29, 1.82) is 0 Å². The number of hydrogen-bond donors (Lipinski definition) is 2. The minimum absolute atomic E-state index is 0.388. The number of amides is 2. The van der Waals surface area contributed by atoms with Crippen LogP contribution in [0.2, 0.25) is 10.0 Å². The number of hydrazone groups is 1. The van der Waals surface area contributed by atoms with Crippen LogP contribution in [0.15, 0.2) is 23.3 Å². The summed E-state index contributed by atoms with van der Waals surface area (Å²) in [6, 6.07) is 4.45. The van der Waals surface area contributed by atoms with Gasteiger partial charge in [-0.05, 0) is 37.5 Å². The minimum Gasteiger partial charge on any atom is -0.306 e. The van der Waals surface area contributed by atoms with Gasteiger partial charge in [0.15, 0.2) is 0 Å². The van der Waals surface area contributed by atoms with Gasteiger partial charge in [-0.1, -0.05) is 37.0 Å². The van der Waals surface area contributed by atoms with Crippen molar-refractivity contribution in [3.63, 3.8) is 0 Å². The zero-order valence-corrected chi connectivity index (χ0v) is 12.6. The molecule has 2 amide bonds. The monoisotopic (exact) mass is 301 g/mol. The van der Waals surface area contributed by atoms with E-state index in [0.29, 0.717) is 21.7 Å². The molecule has 0 radical (unpaired) electrons. The average Bonchev–Trinajstić information content (AvgIpc) is 2.30.